The van der Waals surface area contributed by atoms with Crippen LogP contribution >= 0.6 is 11.8 Å². The second-order valence-corrected chi connectivity index (χ2v) is 8.83. The number of nitrogens with one attached hydrogen (secondary N) is 1. The fraction of sp³-hybridized carbons (Fsp3) is 0.583. The largest absolute Gasteiger partial charge is 0.394 e. The molecule has 36 heavy (non-hydrogen) atoms. The van der Waals surface area contributed by atoms with Crippen molar-refractivity contribution in [1.82, 2.24) is 25.0 Å². The van der Waals surface area contributed by atoms with Gasteiger partial charge in [-0.2, -0.15) is 0 Å². The Morgan fingerprint density at radius 3 is 3.00 bits per heavy atom. The summed E-state index contributed by atoms with van der Waals surface area (Å²) < 4.78 is 129. The van der Waals surface area contributed by atoms with Gasteiger partial charge in [0.1, 0.15) is 18.0 Å². The van der Waals surface area contributed by atoms with Gasteiger partial charge in [0.05, 0.1) is 39.0 Å². The molecule has 3 aromatic rings. The Morgan fingerprint density at radius 2 is 2.22 bits per heavy atom. The highest BCUT2D eigenvalue weighted by Gasteiger charge is 2.45. The van der Waals surface area contributed by atoms with Gasteiger partial charge < -0.3 is 25.4 Å². The Labute approximate surface area is 230 Å². The number of hydrogen-bond donors (Lipinski definition) is 4. The van der Waals surface area contributed by atoms with Crippen LogP contribution in [0.25, 0.3) is 11.2 Å². The van der Waals surface area contributed by atoms with Crippen LogP contribution in [-0.2, 0) is 4.74 Å². The zero-order valence-electron chi connectivity index (χ0n) is 32.1. The molecule has 0 saturated heterocycles. The molecular weight excluding hydrogens is 487 g/mol. The maximum absolute atomic E-state index is 14.8. The predicted molar refractivity (Wildman–Crippen MR) is 133 cm³/mol. The molecular formula is C24H31FN6O4S. The van der Waals surface area contributed by atoms with Gasteiger partial charge in [0.25, 0.3) is 0 Å². The number of fused-ring (bicyclic) bond motifs is 1. The molecule has 2 heterocycles. The molecule has 0 radical (unpaired) electrons. The maximum Gasteiger partial charge on any atom is 0.191 e. The number of aliphatic hydroxyl groups is 3. The molecule has 5 rings (SSSR count). The third kappa shape index (κ3) is 4.92. The molecule has 12 heteroatoms. The zero-order chi connectivity index (χ0) is 37.1. The Hall–Kier alpha value is -2.38. The van der Waals surface area contributed by atoms with Crippen molar-refractivity contribution in [3.63, 3.8) is 0 Å². The van der Waals surface area contributed by atoms with Gasteiger partial charge in [-0.15, -0.1) is 5.10 Å². The Kier molecular flexibility index (Phi) is 4.09. The molecule has 0 aliphatic heterocycles. The summed E-state index contributed by atoms with van der Waals surface area (Å²) in [5.74, 6) is -3.29. The van der Waals surface area contributed by atoms with E-state index in [4.69, 9.17) is 22.6 Å². The highest BCUT2D eigenvalue weighted by Crippen LogP contribution is 2.44. The van der Waals surface area contributed by atoms with Gasteiger partial charge in [-0.1, -0.05) is 36.0 Å². The quantitative estimate of drug-likeness (QED) is 0.227. The SMILES string of the molecule is [2H]c1c([2H])c([C@]2([2H])C[C@@]2([2H])Nc2nc(SCCC)nc3c2nnn3[C@]2([2H])C([2H])([2H])[C@]([2H])(OCC([2H])([2H])O)[C@@]([2H])(O)[C@@]2([2H])O)c([2H])c(F)c1C. The van der Waals surface area contributed by atoms with E-state index < -0.39 is 103 Å². The van der Waals surface area contributed by atoms with Gasteiger partial charge in [0, 0.05) is 28.1 Å². The fourth-order valence-corrected chi connectivity index (χ4v) is 4.02. The van der Waals surface area contributed by atoms with Crippen LogP contribution in [-0.4, -0.2) is 83.5 Å². The number of rotatable bonds is 10. The molecule has 4 N–H and O–H groups in total. The average molecular weight is 532 g/mol. The summed E-state index contributed by atoms with van der Waals surface area (Å²) in [6.45, 7) is -1.74. The molecule has 2 saturated carbocycles. The number of ether oxygens (including phenoxy) is 1. The van der Waals surface area contributed by atoms with E-state index in [1.807, 2.05) is 6.92 Å². The number of halogens is 1. The second-order valence-electron chi connectivity index (χ2n) is 7.77. The zero-order valence-corrected chi connectivity index (χ0v) is 19.9. The van der Waals surface area contributed by atoms with E-state index in [0.717, 1.165) is 11.8 Å². The van der Waals surface area contributed by atoms with E-state index in [1.165, 1.54) is 6.92 Å². The van der Waals surface area contributed by atoms with Crippen LogP contribution in [0.15, 0.2) is 23.3 Å². The Bertz CT molecular complexity index is 1820. The molecule has 2 fully saturated rings. The van der Waals surface area contributed by atoms with E-state index in [2.05, 4.69) is 25.6 Å². The van der Waals surface area contributed by atoms with E-state index in [1.54, 1.807) is 0 Å². The summed E-state index contributed by atoms with van der Waals surface area (Å²) in [6, 6.07) is -7.90. The lowest BCUT2D eigenvalue weighted by atomic mass is 10.1. The molecule has 194 valence electrons. The molecule has 10 nitrogen and oxygen atoms in total. The van der Waals surface area contributed by atoms with Gasteiger partial charge in [0.2, 0.25) is 0 Å². The fourth-order valence-electron chi connectivity index (χ4n) is 3.33. The van der Waals surface area contributed by atoms with Gasteiger partial charge in [0.15, 0.2) is 22.1 Å². The summed E-state index contributed by atoms with van der Waals surface area (Å²) in [4.78, 5) is 8.52. The first-order valence-electron chi connectivity index (χ1n) is 17.3. The summed E-state index contributed by atoms with van der Waals surface area (Å²) in [7, 11) is 0. The molecule has 0 unspecified atom stereocenters. The van der Waals surface area contributed by atoms with Crippen molar-refractivity contribution in [2.75, 3.05) is 24.2 Å². The van der Waals surface area contributed by atoms with Crippen LogP contribution in [0.1, 0.15) is 67.0 Å². The molecule has 1 aromatic carbocycles. The standard InChI is InChI=1S/C24H31FN6O4S/c1-3-8-36-24-27-22(26-16-10-14(16)13-5-4-12(2)15(25)9-13)19-23(28-24)31(30-29-19)17-11-18(35-7-6-32)21(34)20(17)33/h4-5,9,14,16-18,20-21,32-34H,3,6-8,10-11H2,1-2H3,(H,26,27,28)/t14-,16+,17+,18-,20-,21+/m0/s1/i4D,5D,6D2,9D,11D2,14D,16D,17D,18D,20D,21D. The molecule has 6 atom stereocenters. The molecule has 2 aliphatic rings. The van der Waals surface area contributed by atoms with Gasteiger partial charge >= 0.3 is 0 Å². The minimum Gasteiger partial charge on any atom is -0.394 e. The maximum atomic E-state index is 14.8. The summed E-state index contributed by atoms with van der Waals surface area (Å²) in [5.41, 5.74) is -1.90. The van der Waals surface area contributed by atoms with Gasteiger partial charge in [-0.25, -0.2) is 19.0 Å². The number of nitrogens with zero attached hydrogens (tertiary/aromatic N) is 5. The third-order valence-corrected chi connectivity index (χ3v) is 6.26. The minimum absolute atomic E-state index is 0.129. The number of aromatic nitrogens is 5. The van der Waals surface area contributed by atoms with Crippen LogP contribution in [0, 0.1) is 12.7 Å². The third-order valence-electron chi connectivity index (χ3n) is 5.21. The topological polar surface area (TPSA) is 138 Å². The van der Waals surface area contributed by atoms with E-state index in [-0.39, 0.29) is 21.2 Å². The van der Waals surface area contributed by atoms with Crippen molar-refractivity contribution < 1.29 is 42.3 Å². The first-order valence-corrected chi connectivity index (χ1v) is 11.8. The van der Waals surface area contributed by atoms with E-state index >= 15 is 0 Å². The van der Waals surface area contributed by atoms with Crippen LogP contribution < -0.4 is 5.32 Å². The van der Waals surface area contributed by atoms with Gasteiger partial charge in [-0.3, -0.25) is 0 Å². The molecule has 2 aliphatic carbocycles. The number of anilines is 1. The minimum atomic E-state index is -4.06. The molecule has 0 spiro atoms. The number of benzene rings is 1. The summed E-state index contributed by atoms with van der Waals surface area (Å²) >= 11 is 1.01. The van der Waals surface area contributed by atoms with Crippen molar-refractivity contribution in [1.29, 1.82) is 0 Å². The van der Waals surface area contributed by atoms with Crippen molar-refractivity contribution in [2.24, 2.45) is 0 Å². The normalized spacial score (nSPS) is 46.9. The van der Waals surface area contributed by atoms with Gasteiger partial charge in [-0.05, 0) is 36.9 Å². The van der Waals surface area contributed by atoms with Crippen molar-refractivity contribution in [3.8, 4) is 0 Å². The highest BCUT2D eigenvalue weighted by molar-refractivity contribution is 7.99. The first kappa shape index (κ1) is 14.0. The lowest BCUT2D eigenvalue weighted by Gasteiger charge is -2.17. The molecule has 0 bridgehead atoms. The Balaban J connectivity index is 1.68. The number of thioether (sulfide) groups is 1. The van der Waals surface area contributed by atoms with Crippen molar-refractivity contribution in [3.05, 3.63) is 35.1 Å². The smallest absolute Gasteiger partial charge is 0.191 e. The average Bonchev–Trinajstić information content (AvgIpc) is 3.28. The van der Waals surface area contributed by atoms with Crippen molar-refractivity contribution in [2.45, 2.75) is 74.4 Å². The van der Waals surface area contributed by atoms with Crippen LogP contribution in [0.2, 0.25) is 0 Å². The number of hydrogen-bond acceptors (Lipinski definition) is 10. The van der Waals surface area contributed by atoms with Crippen molar-refractivity contribution >= 4 is 28.7 Å². The van der Waals surface area contributed by atoms with Crippen LogP contribution in [0.5, 0.6) is 0 Å². The van der Waals surface area contributed by atoms with Crippen LogP contribution in [0.3, 0.4) is 0 Å². The first-order chi connectivity index (χ1) is 22.2. The summed E-state index contributed by atoms with van der Waals surface area (Å²) in [6.07, 6.45) is -15.6. The second kappa shape index (κ2) is 10.5. The van der Waals surface area contributed by atoms with Crippen LogP contribution in [0.4, 0.5) is 10.2 Å². The molecule has 0 amide bonds. The highest BCUT2D eigenvalue weighted by atomic mass is 32.2. The Morgan fingerprint density at radius 1 is 1.39 bits per heavy atom. The summed E-state index contributed by atoms with van der Waals surface area (Å²) in [5, 5.41) is 41.7. The lowest BCUT2D eigenvalue weighted by Crippen LogP contribution is -2.33. The molecule has 2 aromatic heterocycles. The van der Waals surface area contributed by atoms with E-state index in [0.29, 0.717) is 12.2 Å². The lowest BCUT2D eigenvalue weighted by molar-refractivity contribution is -0.0629. The predicted octanol–water partition coefficient (Wildman–Crippen LogP) is 2.18. The monoisotopic (exact) mass is 531 g/mol. The van der Waals surface area contributed by atoms with E-state index in [9.17, 15) is 19.7 Å².